The van der Waals surface area contributed by atoms with Crippen LogP contribution < -0.4 is 10.6 Å². The summed E-state index contributed by atoms with van der Waals surface area (Å²) < 4.78 is 7.22. The predicted molar refractivity (Wildman–Crippen MR) is 109 cm³/mol. The van der Waals surface area contributed by atoms with Crippen LogP contribution in [0.5, 0.6) is 0 Å². The molecule has 1 fully saturated rings. The highest BCUT2D eigenvalue weighted by Crippen LogP contribution is 2.13. The third kappa shape index (κ3) is 5.12. The SMILES string of the molecule is CC(C)C[C@H](NC(=O)c1ccc(-n2cccc2)cc1)C(=O)N[C@@H]1C(=O)CO[C@@H]1C. The molecule has 0 bridgehead atoms. The summed E-state index contributed by atoms with van der Waals surface area (Å²) in [5.41, 5.74) is 1.41. The van der Waals surface area contributed by atoms with Gasteiger partial charge in [-0.3, -0.25) is 14.4 Å². The summed E-state index contributed by atoms with van der Waals surface area (Å²) >= 11 is 0. The molecule has 2 amide bonds. The third-order valence-corrected chi connectivity index (χ3v) is 4.96. The van der Waals surface area contributed by atoms with Gasteiger partial charge in [-0.15, -0.1) is 0 Å². The smallest absolute Gasteiger partial charge is 0.251 e. The van der Waals surface area contributed by atoms with Crippen LogP contribution in [0.3, 0.4) is 0 Å². The van der Waals surface area contributed by atoms with E-state index in [1.54, 1.807) is 19.1 Å². The average molecular weight is 397 g/mol. The molecule has 0 aliphatic carbocycles. The molecule has 2 aromatic rings. The molecule has 154 valence electrons. The Morgan fingerprint density at radius 1 is 1.17 bits per heavy atom. The van der Waals surface area contributed by atoms with Crippen molar-refractivity contribution in [2.75, 3.05) is 6.61 Å². The molecule has 29 heavy (non-hydrogen) atoms. The van der Waals surface area contributed by atoms with E-state index in [-0.39, 0.29) is 36.2 Å². The second-order valence-electron chi connectivity index (χ2n) is 7.76. The van der Waals surface area contributed by atoms with Crippen LogP contribution in [0.2, 0.25) is 0 Å². The minimum Gasteiger partial charge on any atom is -0.368 e. The number of hydrogen-bond acceptors (Lipinski definition) is 4. The van der Waals surface area contributed by atoms with Crippen molar-refractivity contribution in [1.29, 1.82) is 0 Å². The molecular weight excluding hydrogens is 370 g/mol. The summed E-state index contributed by atoms with van der Waals surface area (Å²) in [5.74, 6) is -0.658. The van der Waals surface area contributed by atoms with Gasteiger partial charge >= 0.3 is 0 Å². The van der Waals surface area contributed by atoms with Gasteiger partial charge in [-0.25, -0.2) is 0 Å². The Hall–Kier alpha value is -2.93. The van der Waals surface area contributed by atoms with Gasteiger partial charge in [-0.05, 0) is 55.7 Å². The normalized spacial score (nSPS) is 19.9. The first-order chi connectivity index (χ1) is 13.8. The molecule has 0 spiro atoms. The van der Waals surface area contributed by atoms with Gasteiger partial charge in [0, 0.05) is 23.6 Å². The molecule has 2 N–H and O–H groups in total. The minimum atomic E-state index is -0.729. The van der Waals surface area contributed by atoms with E-state index in [2.05, 4.69) is 10.6 Å². The largest absolute Gasteiger partial charge is 0.368 e. The van der Waals surface area contributed by atoms with E-state index in [9.17, 15) is 14.4 Å². The van der Waals surface area contributed by atoms with Gasteiger partial charge in [-0.1, -0.05) is 13.8 Å². The minimum absolute atomic E-state index is 0.00105. The molecule has 1 aliphatic heterocycles. The van der Waals surface area contributed by atoms with Gasteiger partial charge in [-0.2, -0.15) is 0 Å². The molecule has 0 radical (unpaired) electrons. The molecule has 1 aliphatic rings. The lowest BCUT2D eigenvalue weighted by Crippen LogP contribution is -2.53. The molecule has 0 unspecified atom stereocenters. The van der Waals surface area contributed by atoms with Crippen molar-refractivity contribution < 1.29 is 19.1 Å². The third-order valence-electron chi connectivity index (χ3n) is 4.96. The Morgan fingerprint density at radius 3 is 2.38 bits per heavy atom. The van der Waals surface area contributed by atoms with Crippen LogP contribution in [-0.4, -0.2) is 47.0 Å². The fourth-order valence-electron chi connectivity index (χ4n) is 3.35. The molecule has 7 heteroatoms. The first-order valence-electron chi connectivity index (χ1n) is 9.84. The standard InChI is InChI=1S/C22H27N3O4/c1-14(2)12-18(22(28)24-20-15(3)29-13-19(20)26)23-21(27)16-6-8-17(9-7-16)25-10-4-5-11-25/h4-11,14-15,18,20H,12-13H2,1-3H3,(H,23,27)(H,24,28)/t15-,18+,20+/m1/s1. The highest BCUT2D eigenvalue weighted by molar-refractivity contribution is 5.99. The van der Waals surface area contributed by atoms with Gasteiger partial charge in [0.2, 0.25) is 5.91 Å². The predicted octanol–water partition coefficient (Wildman–Crippen LogP) is 2.09. The lowest BCUT2D eigenvalue weighted by atomic mass is 10.0. The van der Waals surface area contributed by atoms with Crippen LogP contribution >= 0.6 is 0 Å². The fraction of sp³-hybridized carbons (Fsp3) is 0.409. The summed E-state index contributed by atoms with van der Waals surface area (Å²) in [7, 11) is 0. The fourth-order valence-corrected chi connectivity index (χ4v) is 3.35. The van der Waals surface area contributed by atoms with Crippen LogP contribution in [0, 0.1) is 5.92 Å². The Morgan fingerprint density at radius 2 is 1.83 bits per heavy atom. The van der Waals surface area contributed by atoms with Crippen molar-refractivity contribution in [3.05, 3.63) is 54.4 Å². The van der Waals surface area contributed by atoms with Crippen molar-refractivity contribution >= 4 is 17.6 Å². The number of hydrogen-bond donors (Lipinski definition) is 2. The van der Waals surface area contributed by atoms with Crippen LogP contribution in [-0.2, 0) is 14.3 Å². The maximum atomic E-state index is 12.8. The number of aromatic nitrogens is 1. The van der Waals surface area contributed by atoms with Crippen LogP contribution in [0.25, 0.3) is 5.69 Å². The molecule has 3 atom stereocenters. The Kier molecular flexibility index (Phi) is 6.49. The number of carbonyl (C=O) groups excluding carboxylic acids is 3. The average Bonchev–Trinajstić information content (AvgIpc) is 3.33. The number of Topliss-reactive ketones (excluding diaryl/α,β-unsaturated/α-hetero) is 1. The molecule has 1 saturated heterocycles. The van der Waals surface area contributed by atoms with E-state index >= 15 is 0 Å². The lowest BCUT2D eigenvalue weighted by Gasteiger charge is -2.23. The van der Waals surface area contributed by atoms with Gasteiger partial charge in [0.1, 0.15) is 18.7 Å². The van der Waals surface area contributed by atoms with Crippen molar-refractivity contribution in [1.82, 2.24) is 15.2 Å². The van der Waals surface area contributed by atoms with Crippen molar-refractivity contribution in [3.8, 4) is 5.69 Å². The number of ketones is 1. The number of ether oxygens (including phenoxy) is 1. The van der Waals surface area contributed by atoms with E-state index in [0.29, 0.717) is 12.0 Å². The number of benzene rings is 1. The first-order valence-corrected chi connectivity index (χ1v) is 9.84. The van der Waals surface area contributed by atoms with Crippen LogP contribution in [0.4, 0.5) is 0 Å². The van der Waals surface area contributed by atoms with Crippen LogP contribution in [0.1, 0.15) is 37.6 Å². The summed E-state index contributed by atoms with van der Waals surface area (Å²) in [6, 6.07) is 9.61. The number of amides is 2. The number of nitrogens with one attached hydrogen (secondary N) is 2. The Labute approximate surface area is 170 Å². The second kappa shape index (κ2) is 9.05. The zero-order chi connectivity index (χ0) is 21.0. The van der Waals surface area contributed by atoms with E-state index in [0.717, 1.165) is 5.69 Å². The number of carbonyl (C=O) groups is 3. The summed E-state index contributed by atoms with van der Waals surface area (Å²) in [6.45, 7) is 5.70. The monoisotopic (exact) mass is 397 g/mol. The number of nitrogens with zero attached hydrogens (tertiary/aromatic N) is 1. The van der Waals surface area contributed by atoms with Crippen LogP contribution in [0.15, 0.2) is 48.8 Å². The van der Waals surface area contributed by atoms with Gasteiger partial charge in [0.05, 0.1) is 6.10 Å². The molecular formula is C22H27N3O4. The van der Waals surface area contributed by atoms with E-state index in [4.69, 9.17) is 4.74 Å². The highest BCUT2D eigenvalue weighted by Gasteiger charge is 2.35. The summed E-state index contributed by atoms with van der Waals surface area (Å²) in [6.07, 6.45) is 3.94. The van der Waals surface area contributed by atoms with E-state index in [1.807, 2.05) is 55.1 Å². The zero-order valence-corrected chi connectivity index (χ0v) is 16.9. The second-order valence-corrected chi connectivity index (χ2v) is 7.76. The molecule has 2 heterocycles. The van der Waals surface area contributed by atoms with E-state index in [1.165, 1.54) is 0 Å². The topological polar surface area (TPSA) is 89.4 Å². The molecule has 0 saturated carbocycles. The summed E-state index contributed by atoms with van der Waals surface area (Å²) in [5, 5.41) is 5.55. The van der Waals surface area contributed by atoms with Gasteiger partial charge in [0.15, 0.2) is 5.78 Å². The van der Waals surface area contributed by atoms with Gasteiger partial charge in [0.25, 0.3) is 5.91 Å². The molecule has 3 rings (SSSR count). The maximum absolute atomic E-state index is 12.8. The molecule has 1 aromatic carbocycles. The molecule has 7 nitrogen and oxygen atoms in total. The van der Waals surface area contributed by atoms with E-state index < -0.39 is 12.1 Å². The maximum Gasteiger partial charge on any atom is 0.251 e. The highest BCUT2D eigenvalue weighted by atomic mass is 16.5. The lowest BCUT2D eigenvalue weighted by molar-refractivity contribution is -0.127. The van der Waals surface area contributed by atoms with Gasteiger partial charge < -0.3 is 19.9 Å². The molecule has 1 aromatic heterocycles. The Bertz CT molecular complexity index is 859. The first kappa shape index (κ1) is 20.8. The number of rotatable bonds is 7. The summed E-state index contributed by atoms with van der Waals surface area (Å²) in [4.78, 5) is 37.4. The zero-order valence-electron chi connectivity index (χ0n) is 16.9. The van der Waals surface area contributed by atoms with Crippen molar-refractivity contribution in [3.63, 3.8) is 0 Å². The Balaban J connectivity index is 1.68. The quantitative estimate of drug-likeness (QED) is 0.749. The van der Waals surface area contributed by atoms with Crippen molar-refractivity contribution in [2.45, 2.75) is 45.4 Å². The van der Waals surface area contributed by atoms with Crippen molar-refractivity contribution in [2.24, 2.45) is 5.92 Å².